The maximum Gasteiger partial charge on any atom is 0.154 e. The standard InChI is InChI=1S/C14H16F2N2OS/c15-6-10-5-14(11-3-1-2-4-12(11)16)9(7-19-10)8-20-13(17)18-14/h1-4,9-10H,5-8H2,(H2,17,18)/t9?,10-,14?/m1/s1. The lowest BCUT2D eigenvalue weighted by atomic mass is 9.74. The lowest BCUT2D eigenvalue weighted by molar-refractivity contribution is -0.0620. The summed E-state index contributed by atoms with van der Waals surface area (Å²) in [6.07, 6.45) is -0.221. The Morgan fingerprint density at radius 2 is 2.25 bits per heavy atom. The van der Waals surface area contributed by atoms with E-state index in [0.29, 0.717) is 29.5 Å². The fraction of sp³-hybridized carbons (Fsp3) is 0.500. The number of benzene rings is 1. The highest BCUT2D eigenvalue weighted by Crippen LogP contribution is 2.47. The van der Waals surface area contributed by atoms with E-state index in [-0.39, 0.29) is 11.7 Å². The molecule has 2 heterocycles. The second-order valence-corrected chi connectivity index (χ2v) is 6.22. The zero-order chi connectivity index (χ0) is 14.2. The van der Waals surface area contributed by atoms with Crippen LogP contribution in [0.15, 0.2) is 29.3 Å². The number of nitrogens with zero attached hydrogens (tertiary/aromatic N) is 1. The Morgan fingerprint density at radius 3 is 3.00 bits per heavy atom. The Kier molecular flexibility index (Phi) is 3.69. The number of hydrogen-bond donors (Lipinski definition) is 1. The van der Waals surface area contributed by atoms with E-state index in [9.17, 15) is 8.78 Å². The molecule has 108 valence electrons. The van der Waals surface area contributed by atoms with Gasteiger partial charge in [0.15, 0.2) is 5.17 Å². The summed E-state index contributed by atoms with van der Waals surface area (Å²) < 4.78 is 32.8. The van der Waals surface area contributed by atoms with E-state index in [2.05, 4.69) is 4.99 Å². The fourth-order valence-corrected chi connectivity index (χ4v) is 3.97. The normalized spacial score (nSPS) is 33.4. The van der Waals surface area contributed by atoms with Gasteiger partial charge in [0.25, 0.3) is 0 Å². The molecule has 1 aromatic rings. The van der Waals surface area contributed by atoms with Gasteiger partial charge in [-0.3, -0.25) is 4.99 Å². The maximum atomic E-state index is 14.2. The second-order valence-electron chi connectivity index (χ2n) is 5.18. The number of rotatable bonds is 2. The Labute approximate surface area is 120 Å². The van der Waals surface area contributed by atoms with Crippen molar-refractivity contribution in [2.75, 3.05) is 19.0 Å². The molecule has 0 spiro atoms. The first kappa shape index (κ1) is 13.8. The molecule has 0 aromatic heterocycles. The van der Waals surface area contributed by atoms with Crippen LogP contribution in [0.2, 0.25) is 0 Å². The van der Waals surface area contributed by atoms with Crippen molar-refractivity contribution in [2.24, 2.45) is 16.6 Å². The molecular formula is C14H16F2N2OS. The van der Waals surface area contributed by atoms with Gasteiger partial charge >= 0.3 is 0 Å². The molecule has 2 aliphatic rings. The summed E-state index contributed by atoms with van der Waals surface area (Å²) in [7, 11) is 0. The molecule has 0 radical (unpaired) electrons. The van der Waals surface area contributed by atoms with Crippen LogP contribution in [0.5, 0.6) is 0 Å². The summed E-state index contributed by atoms with van der Waals surface area (Å²) in [4.78, 5) is 4.54. The van der Waals surface area contributed by atoms with Crippen molar-refractivity contribution in [3.8, 4) is 0 Å². The van der Waals surface area contributed by atoms with Gasteiger partial charge in [-0.1, -0.05) is 30.0 Å². The molecular weight excluding hydrogens is 282 g/mol. The minimum absolute atomic E-state index is 0.0134. The second kappa shape index (κ2) is 5.33. The summed E-state index contributed by atoms with van der Waals surface area (Å²) in [5.74, 6) is 0.405. The van der Waals surface area contributed by atoms with Crippen molar-refractivity contribution in [3.63, 3.8) is 0 Å². The van der Waals surface area contributed by atoms with E-state index < -0.39 is 18.3 Å². The third-order valence-electron chi connectivity index (χ3n) is 4.00. The van der Waals surface area contributed by atoms with Crippen LogP contribution in [0.25, 0.3) is 0 Å². The number of alkyl halides is 1. The van der Waals surface area contributed by atoms with Crippen molar-refractivity contribution in [1.29, 1.82) is 0 Å². The molecule has 0 bridgehead atoms. The SMILES string of the molecule is NC1=NC2(c3ccccc3F)C[C@H](CF)OCC2CS1. The maximum absolute atomic E-state index is 14.2. The van der Waals surface area contributed by atoms with Crippen molar-refractivity contribution in [1.82, 2.24) is 0 Å². The fourth-order valence-electron chi connectivity index (χ4n) is 3.00. The quantitative estimate of drug-likeness (QED) is 0.912. The average Bonchev–Trinajstić information content (AvgIpc) is 2.46. The van der Waals surface area contributed by atoms with Crippen molar-refractivity contribution in [2.45, 2.75) is 18.1 Å². The first-order chi connectivity index (χ1) is 9.65. The van der Waals surface area contributed by atoms with Gasteiger partial charge in [0.05, 0.1) is 18.2 Å². The lowest BCUT2D eigenvalue weighted by Crippen LogP contribution is -2.50. The van der Waals surface area contributed by atoms with Crippen LogP contribution in [-0.4, -0.2) is 30.3 Å². The van der Waals surface area contributed by atoms with E-state index in [1.165, 1.54) is 17.8 Å². The lowest BCUT2D eigenvalue weighted by Gasteiger charge is -2.46. The van der Waals surface area contributed by atoms with Crippen molar-refractivity contribution < 1.29 is 13.5 Å². The molecule has 0 amide bonds. The number of amidine groups is 1. The predicted molar refractivity (Wildman–Crippen MR) is 76.0 cm³/mol. The minimum Gasteiger partial charge on any atom is -0.379 e. The zero-order valence-corrected chi connectivity index (χ0v) is 11.7. The Morgan fingerprint density at radius 1 is 1.45 bits per heavy atom. The molecule has 3 atom stereocenters. The van der Waals surface area contributed by atoms with E-state index in [1.54, 1.807) is 18.2 Å². The number of fused-ring (bicyclic) bond motifs is 1. The van der Waals surface area contributed by atoms with Crippen LogP contribution in [0, 0.1) is 11.7 Å². The van der Waals surface area contributed by atoms with Crippen molar-refractivity contribution in [3.05, 3.63) is 35.6 Å². The number of aliphatic imine (C=N–C) groups is 1. The summed E-state index contributed by atoms with van der Waals surface area (Å²) in [5, 5.41) is 0.434. The highest BCUT2D eigenvalue weighted by Gasteiger charge is 2.49. The van der Waals surface area contributed by atoms with Crippen LogP contribution in [0.4, 0.5) is 8.78 Å². The van der Waals surface area contributed by atoms with Gasteiger partial charge in [-0.15, -0.1) is 0 Å². The van der Waals surface area contributed by atoms with E-state index in [4.69, 9.17) is 10.5 Å². The van der Waals surface area contributed by atoms with Crippen LogP contribution in [-0.2, 0) is 10.3 Å². The molecule has 2 aliphatic heterocycles. The van der Waals surface area contributed by atoms with Gasteiger partial charge in [-0.05, 0) is 6.07 Å². The molecule has 0 saturated carbocycles. The highest BCUT2D eigenvalue weighted by atomic mass is 32.2. The number of ether oxygens (including phenoxy) is 1. The number of halogens is 2. The number of nitrogens with two attached hydrogens (primary N) is 1. The Hall–Kier alpha value is -1.14. The van der Waals surface area contributed by atoms with E-state index in [0.717, 1.165) is 0 Å². The first-order valence-electron chi connectivity index (χ1n) is 6.56. The van der Waals surface area contributed by atoms with Crippen LogP contribution in [0.3, 0.4) is 0 Å². The smallest absolute Gasteiger partial charge is 0.154 e. The number of hydrogen-bond acceptors (Lipinski definition) is 4. The topological polar surface area (TPSA) is 47.6 Å². The summed E-state index contributed by atoms with van der Waals surface area (Å²) >= 11 is 1.44. The molecule has 0 aliphatic carbocycles. The number of thioether (sulfide) groups is 1. The Balaban J connectivity index is 2.11. The minimum atomic E-state index is -0.796. The van der Waals surface area contributed by atoms with Gasteiger partial charge in [-0.25, -0.2) is 8.78 Å². The monoisotopic (exact) mass is 298 g/mol. The molecule has 6 heteroatoms. The molecule has 20 heavy (non-hydrogen) atoms. The molecule has 1 aromatic carbocycles. The molecule has 3 rings (SSSR count). The third-order valence-corrected chi connectivity index (χ3v) is 4.96. The zero-order valence-electron chi connectivity index (χ0n) is 10.9. The largest absolute Gasteiger partial charge is 0.379 e. The first-order valence-corrected chi connectivity index (χ1v) is 7.55. The van der Waals surface area contributed by atoms with Gasteiger partial charge < -0.3 is 10.5 Å². The van der Waals surface area contributed by atoms with E-state index in [1.807, 2.05) is 0 Å². The molecule has 2 N–H and O–H groups in total. The van der Waals surface area contributed by atoms with E-state index >= 15 is 0 Å². The highest BCUT2D eigenvalue weighted by molar-refractivity contribution is 8.13. The molecule has 1 saturated heterocycles. The average molecular weight is 298 g/mol. The van der Waals surface area contributed by atoms with Crippen LogP contribution < -0.4 is 5.73 Å². The third kappa shape index (κ3) is 2.20. The molecule has 1 fully saturated rings. The van der Waals surface area contributed by atoms with Crippen molar-refractivity contribution >= 4 is 16.9 Å². The molecule has 2 unspecified atom stereocenters. The van der Waals surface area contributed by atoms with Crippen LogP contribution >= 0.6 is 11.8 Å². The summed E-state index contributed by atoms with van der Waals surface area (Å²) in [6, 6.07) is 6.54. The predicted octanol–water partition coefficient (Wildman–Crippen LogP) is 2.46. The van der Waals surface area contributed by atoms with Gasteiger partial charge in [-0.2, -0.15) is 0 Å². The van der Waals surface area contributed by atoms with Crippen LogP contribution in [0.1, 0.15) is 12.0 Å². The molecule has 3 nitrogen and oxygen atoms in total. The van der Waals surface area contributed by atoms with Gasteiger partial charge in [0.1, 0.15) is 12.5 Å². The van der Waals surface area contributed by atoms with Gasteiger partial charge in [0.2, 0.25) is 0 Å². The summed E-state index contributed by atoms with van der Waals surface area (Å²) in [5.41, 5.74) is 5.56. The Bertz CT molecular complexity index is 540. The summed E-state index contributed by atoms with van der Waals surface area (Å²) in [6.45, 7) is -0.210. The van der Waals surface area contributed by atoms with Gasteiger partial charge in [0, 0.05) is 23.7 Å².